The van der Waals surface area contributed by atoms with Crippen LogP contribution in [0.15, 0.2) is 27.6 Å². The third-order valence-corrected chi connectivity index (χ3v) is 4.42. The second kappa shape index (κ2) is 5.46. The minimum atomic E-state index is -3.85. The summed E-state index contributed by atoms with van der Waals surface area (Å²) in [6, 6.07) is 6.36. The lowest BCUT2D eigenvalue weighted by Gasteiger charge is -2.11. The fourth-order valence-electron chi connectivity index (χ4n) is 1.90. The SMILES string of the molecule is COc1cc(C#N)ccc1NS(=O)(=O)c1c(C)noc1C. The second-order valence-electron chi connectivity index (χ2n) is 4.29. The Balaban J connectivity index is 2.45. The Hall–Kier alpha value is -2.53. The number of aromatic nitrogens is 1. The van der Waals surface area contributed by atoms with Gasteiger partial charge < -0.3 is 9.26 Å². The monoisotopic (exact) mass is 307 g/mol. The van der Waals surface area contributed by atoms with Gasteiger partial charge in [0.05, 0.1) is 24.4 Å². The molecule has 0 aliphatic carbocycles. The third-order valence-electron chi connectivity index (χ3n) is 2.81. The number of methoxy groups -OCH3 is 1. The van der Waals surface area contributed by atoms with Crippen LogP contribution in [0.2, 0.25) is 0 Å². The summed E-state index contributed by atoms with van der Waals surface area (Å²) in [5, 5.41) is 12.5. The number of nitrogens with one attached hydrogen (secondary N) is 1. The van der Waals surface area contributed by atoms with Gasteiger partial charge in [-0.1, -0.05) is 5.16 Å². The predicted octanol–water partition coefficient (Wildman–Crippen LogP) is 1.97. The molecule has 0 radical (unpaired) electrons. The van der Waals surface area contributed by atoms with Crippen molar-refractivity contribution in [3.63, 3.8) is 0 Å². The molecule has 0 saturated heterocycles. The molecule has 0 aliphatic heterocycles. The molecule has 7 nitrogen and oxygen atoms in total. The highest BCUT2D eigenvalue weighted by molar-refractivity contribution is 7.92. The Morgan fingerprint density at radius 3 is 2.62 bits per heavy atom. The fourth-order valence-corrected chi connectivity index (χ4v) is 3.30. The molecule has 8 heteroatoms. The summed E-state index contributed by atoms with van der Waals surface area (Å²) in [7, 11) is -2.46. The van der Waals surface area contributed by atoms with Gasteiger partial charge in [0.15, 0.2) is 10.7 Å². The number of rotatable bonds is 4. The molecule has 21 heavy (non-hydrogen) atoms. The number of sulfonamides is 1. The molecule has 2 aromatic rings. The molecule has 1 N–H and O–H groups in total. The number of anilines is 1. The molecular weight excluding hydrogens is 294 g/mol. The van der Waals surface area contributed by atoms with Gasteiger partial charge in [0, 0.05) is 6.07 Å². The first-order valence-corrected chi connectivity index (χ1v) is 7.41. The molecule has 0 fully saturated rings. The zero-order valence-electron chi connectivity index (χ0n) is 11.7. The summed E-state index contributed by atoms with van der Waals surface area (Å²) in [4.78, 5) is -0.00564. The molecule has 0 bridgehead atoms. The average molecular weight is 307 g/mol. The molecular formula is C13H13N3O4S. The van der Waals surface area contributed by atoms with Crippen LogP contribution < -0.4 is 9.46 Å². The molecule has 0 atom stereocenters. The van der Waals surface area contributed by atoms with Gasteiger partial charge in [0.1, 0.15) is 11.4 Å². The van der Waals surface area contributed by atoms with Crippen LogP contribution in [0, 0.1) is 25.2 Å². The van der Waals surface area contributed by atoms with E-state index in [1.54, 1.807) is 6.92 Å². The molecule has 0 saturated carbocycles. The van der Waals surface area contributed by atoms with Crippen LogP contribution >= 0.6 is 0 Å². The third kappa shape index (κ3) is 2.83. The second-order valence-corrected chi connectivity index (χ2v) is 5.90. The van der Waals surface area contributed by atoms with E-state index in [0.29, 0.717) is 5.56 Å². The van der Waals surface area contributed by atoms with E-state index in [4.69, 9.17) is 14.5 Å². The van der Waals surface area contributed by atoms with Gasteiger partial charge in [0.2, 0.25) is 0 Å². The Morgan fingerprint density at radius 1 is 1.38 bits per heavy atom. The highest BCUT2D eigenvalue weighted by atomic mass is 32.2. The zero-order chi connectivity index (χ0) is 15.6. The Kier molecular flexibility index (Phi) is 3.86. The molecule has 0 unspecified atom stereocenters. The topological polar surface area (TPSA) is 105 Å². The van der Waals surface area contributed by atoms with Gasteiger partial charge in [-0.3, -0.25) is 4.72 Å². The average Bonchev–Trinajstić information content (AvgIpc) is 2.78. The summed E-state index contributed by atoms with van der Waals surface area (Å²) in [6.45, 7) is 3.06. The maximum Gasteiger partial charge on any atom is 0.267 e. The lowest BCUT2D eigenvalue weighted by atomic mass is 10.2. The van der Waals surface area contributed by atoms with Crippen molar-refractivity contribution in [1.29, 1.82) is 5.26 Å². The van der Waals surface area contributed by atoms with Gasteiger partial charge in [0.25, 0.3) is 10.0 Å². The van der Waals surface area contributed by atoms with E-state index < -0.39 is 10.0 Å². The first kappa shape index (κ1) is 14.9. The van der Waals surface area contributed by atoms with E-state index in [-0.39, 0.29) is 27.8 Å². The largest absolute Gasteiger partial charge is 0.495 e. The summed E-state index contributed by atoms with van der Waals surface area (Å²) in [6.07, 6.45) is 0. The van der Waals surface area contributed by atoms with Crippen LogP contribution in [0.5, 0.6) is 5.75 Å². The lowest BCUT2D eigenvalue weighted by molar-refractivity contribution is 0.390. The summed E-state index contributed by atoms with van der Waals surface area (Å²) in [5.74, 6) is 0.456. The number of hydrogen-bond acceptors (Lipinski definition) is 6. The van der Waals surface area contributed by atoms with E-state index in [1.165, 1.54) is 32.2 Å². The fraction of sp³-hybridized carbons (Fsp3) is 0.231. The van der Waals surface area contributed by atoms with Crippen molar-refractivity contribution in [3.05, 3.63) is 35.2 Å². The van der Waals surface area contributed by atoms with E-state index in [0.717, 1.165) is 0 Å². The predicted molar refractivity (Wildman–Crippen MR) is 74.5 cm³/mol. The van der Waals surface area contributed by atoms with Gasteiger partial charge in [-0.15, -0.1) is 0 Å². The molecule has 0 spiro atoms. The molecule has 1 aromatic heterocycles. The van der Waals surface area contributed by atoms with Crippen molar-refractivity contribution in [1.82, 2.24) is 5.16 Å². The van der Waals surface area contributed by atoms with Crippen molar-refractivity contribution in [2.75, 3.05) is 11.8 Å². The van der Waals surface area contributed by atoms with Gasteiger partial charge in [-0.05, 0) is 26.0 Å². The van der Waals surface area contributed by atoms with Crippen molar-refractivity contribution >= 4 is 15.7 Å². The van der Waals surface area contributed by atoms with Crippen molar-refractivity contribution in [2.24, 2.45) is 0 Å². The summed E-state index contributed by atoms with van der Waals surface area (Å²) in [5.41, 5.74) is 0.872. The molecule has 0 amide bonds. The standard InChI is InChI=1S/C13H13N3O4S/c1-8-13(9(2)20-15-8)21(17,18)16-11-5-4-10(7-14)6-12(11)19-3/h4-6,16H,1-3H3. The van der Waals surface area contributed by atoms with Crippen molar-refractivity contribution in [2.45, 2.75) is 18.7 Å². The number of nitriles is 1. The first-order chi connectivity index (χ1) is 9.89. The minimum absolute atomic E-state index is 0.00564. The van der Waals surface area contributed by atoms with E-state index in [2.05, 4.69) is 9.88 Å². The van der Waals surface area contributed by atoms with Gasteiger partial charge in [-0.25, -0.2) is 8.42 Å². The minimum Gasteiger partial charge on any atom is -0.495 e. The van der Waals surface area contributed by atoms with E-state index in [1.807, 2.05) is 6.07 Å². The van der Waals surface area contributed by atoms with Crippen LogP contribution in [0.4, 0.5) is 5.69 Å². The quantitative estimate of drug-likeness (QED) is 0.925. The van der Waals surface area contributed by atoms with Crippen LogP contribution in [-0.2, 0) is 10.0 Å². The smallest absolute Gasteiger partial charge is 0.267 e. The molecule has 1 aromatic carbocycles. The Bertz CT molecular complexity index is 799. The van der Waals surface area contributed by atoms with Crippen LogP contribution in [-0.4, -0.2) is 20.7 Å². The van der Waals surface area contributed by atoms with Crippen molar-refractivity contribution < 1.29 is 17.7 Å². The number of ether oxygens (including phenoxy) is 1. The molecule has 1 heterocycles. The number of nitrogens with zero attached hydrogens (tertiary/aromatic N) is 2. The summed E-state index contributed by atoms with van der Waals surface area (Å²) < 4.78 is 37.2. The molecule has 0 aliphatic rings. The lowest BCUT2D eigenvalue weighted by Crippen LogP contribution is -2.15. The Morgan fingerprint density at radius 2 is 2.10 bits per heavy atom. The van der Waals surface area contributed by atoms with Crippen LogP contribution in [0.25, 0.3) is 0 Å². The maximum absolute atomic E-state index is 12.4. The molecule has 2 rings (SSSR count). The van der Waals surface area contributed by atoms with Gasteiger partial charge in [-0.2, -0.15) is 5.26 Å². The number of benzene rings is 1. The zero-order valence-corrected chi connectivity index (χ0v) is 12.5. The van der Waals surface area contributed by atoms with E-state index >= 15 is 0 Å². The van der Waals surface area contributed by atoms with E-state index in [9.17, 15) is 8.42 Å². The highest BCUT2D eigenvalue weighted by Gasteiger charge is 2.25. The van der Waals surface area contributed by atoms with Crippen molar-refractivity contribution in [3.8, 4) is 11.8 Å². The highest BCUT2D eigenvalue weighted by Crippen LogP contribution is 2.29. The molecule has 110 valence electrons. The summed E-state index contributed by atoms with van der Waals surface area (Å²) >= 11 is 0. The van der Waals surface area contributed by atoms with Gasteiger partial charge >= 0.3 is 0 Å². The maximum atomic E-state index is 12.4. The number of hydrogen-bond donors (Lipinski definition) is 1. The number of aryl methyl sites for hydroxylation is 2. The van der Waals surface area contributed by atoms with Crippen LogP contribution in [0.1, 0.15) is 17.0 Å². The first-order valence-electron chi connectivity index (χ1n) is 5.93. The van der Waals surface area contributed by atoms with Crippen LogP contribution in [0.3, 0.4) is 0 Å². The Labute approximate surface area is 122 Å². The normalized spacial score (nSPS) is 11.0.